The predicted molar refractivity (Wildman–Crippen MR) is 75.8 cm³/mol. The van der Waals surface area contributed by atoms with Gasteiger partial charge in [0, 0.05) is 17.7 Å². The van der Waals surface area contributed by atoms with Crippen molar-refractivity contribution < 1.29 is 24.2 Å². The maximum Gasteiger partial charge on any atom is 0.308 e. The molecule has 1 aliphatic carbocycles. The summed E-state index contributed by atoms with van der Waals surface area (Å²) in [6, 6.07) is 4.55. The van der Waals surface area contributed by atoms with Crippen molar-refractivity contribution in [3.8, 4) is 11.5 Å². The molecule has 2 N–H and O–H groups in total. The quantitative estimate of drug-likeness (QED) is 0.863. The Kier molecular flexibility index (Phi) is 4.67. The molecule has 1 saturated carbocycles. The van der Waals surface area contributed by atoms with Gasteiger partial charge < -0.3 is 19.9 Å². The van der Waals surface area contributed by atoms with Gasteiger partial charge in [-0.05, 0) is 25.0 Å². The maximum atomic E-state index is 12.3. The summed E-state index contributed by atoms with van der Waals surface area (Å²) in [6.07, 6.45) is 2.09. The third-order valence-corrected chi connectivity index (χ3v) is 3.76. The van der Waals surface area contributed by atoms with Gasteiger partial charge in [-0.3, -0.25) is 9.59 Å². The molecular weight excluding hydrogens is 274 g/mol. The molecule has 2 atom stereocenters. The highest BCUT2D eigenvalue weighted by Gasteiger charge is 2.34. The summed E-state index contributed by atoms with van der Waals surface area (Å²) >= 11 is 0. The monoisotopic (exact) mass is 293 g/mol. The molecule has 0 spiro atoms. The largest absolute Gasteiger partial charge is 0.497 e. The zero-order chi connectivity index (χ0) is 15.4. The van der Waals surface area contributed by atoms with Gasteiger partial charge in [-0.1, -0.05) is 6.42 Å². The number of benzene rings is 1. The first-order valence-corrected chi connectivity index (χ1v) is 6.82. The van der Waals surface area contributed by atoms with E-state index in [2.05, 4.69) is 5.32 Å². The fourth-order valence-corrected chi connectivity index (χ4v) is 2.62. The molecular formula is C15H19NO5. The van der Waals surface area contributed by atoms with Gasteiger partial charge in [-0.2, -0.15) is 0 Å². The van der Waals surface area contributed by atoms with Crippen molar-refractivity contribution in [2.75, 3.05) is 14.2 Å². The Bertz CT molecular complexity index is 521. The number of ether oxygens (including phenoxy) is 2. The van der Waals surface area contributed by atoms with Crippen LogP contribution in [0.25, 0.3) is 0 Å². The Balaban J connectivity index is 2.14. The third kappa shape index (κ3) is 3.45. The standard InChI is InChI=1S/C15H19NO5/c1-20-10-6-9(7-11(8-10)21-2)14(17)16-13-5-3-4-12(13)15(18)19/h6-8,12-13H,3-5H2,1-2H3,(H,16,17)(H,18,19)/t12-,13+/m0/s1. The van der Waals surface area contributed by atoms with Gasteiger partial charge in [0.15, 0.2) is 0 Å². The van der Waals surface area contributed by atoms with Crippen molar-refractivity contribution >= 4 is 11.9 Å². The van der Waals surface area contributed by atoms with Crippen LogP contribution >= 0.6 is 0 Å². The molecule has 6 nitrogen and oxygen atoms in total. The lowest BCUT2D eigenvalue weighted by Crippen LogP contribution is -2.40. The summed E-state index contributed by atoms with van der Waals surface area (Å²) in [5.41, 5.74) is 0.391. The van der Waals surface area contributed by atoms with Gasteiger partial charge in [0.05, 0.1) is 20.1 Å². The SMILES string of the molecule is COc1cc(OC)cc(C(=O)N[C@@H]2CCC[C@@H]2C(=O)O)c1. The van der Waals surface area contributed by atoms with Crippen molar-refractivity contribution in [2.24, 2.45) is 5.92 Å². The molecule has 6 heteroatoms. The first-order chi connectivity index (χ1) is 10.0. The highest BCUT2D eigenvalue weighted by molar-refractivity contribution is 5.95. The van der Waals surface area contributed by atoms with Crippen LogP contribution in [0.3, 0.4) is 0 Å². The van der Waals surface area contributed by atoms with Gasteiger partial charge in [0.1, 0.15) is 11.5 Å². The molecule has 1 amide bonds. The Morgan fingerprint density at radius 1 is 1.14 bits per heavy atom. The molecule has 0 aliphatic heterocycles. The van der Waals surface area contributed by atoms with Crippen LogP contribution in [-0.2, 0) is 4.79 Å². The van der Waals surface area contributed by atoms with Crippen molar-refractivity contribution in [2.45, 2.75) is 25.3 Å². The molecule has 1 aliphatic rings. The zero-order valence-corrected chi connectivity index (χ0v) is 12.1. The molecule has 0 bridgehead atoms. The minimum absolute atomic E-state index is 0.314. The van der Waals surface area contributed by atoms with Crippen molar-refractivity contribution in [3.05, 3.63) is 23.8 Å². The molecule has 1 fully saturated rings. The number of carbonyl (C=O) groups is 2. The Hall–Kier alpha value is -2.24. The van der Waals surface area contributed by atoms with Crippen LogP contribution in [0.1, 0.15) is 29.6 Å². The van der Waals surface area contributed by atoms with E-state index < -0.39 is 11.9 Å². The van der Waals surface area contributed by atoms with E-state index in [0.717, 1.165) is 6.42 Å². The Morgan fingerprint density at radius 3 is 2.29 bits per heavy atom. The second-order valence-electron chi connectivity index (χ2n) is 5.06. The van der Waals surface area contributed by atoms with E-state index in [1.807, 2.05) is 0 Å². The minimum atomic E-state index is -0.860. The molecule has 21 heavy (non-hydrogen) atoms. The van der Waals surface area contributed by atoms with Crippen molar-refractivity contribution in [3.63, 3.8) is 0 Å². The lowest BCUT2D eigenvalue weighted by Gasteiger charge is -2.18. The molecule has 114 valence electrons. The normalized spacial score (nSPS) is 20.9. The highest BCUT2D eigenvalue weighted by Crippen LogP contribution is 2.27. The number of carbonyl (C=O) groups excluding carboxylic acids is 1. The van der Waals surface area contributed by atoms with Gasteiger partial charge in [0.2, 0.25) is 0 Å². The van der Waals surface area contributed by atoms with Crippen molar-refractivity contribution in [1.82, 2.24) is 5.32 Å². The lowest BCUT2D eigenvalue weighted by molar-refractivity contribution is -0.142. The number of nitrogens with one attached hydrogen (secondary N) is 1. The van der Waals surface area contributed by atoms with Crippen LogP contribution in [-0.4, -0.2) is 37.2 Å². The van der Waals surface area contributed by atoms with E-state index in [0.29, 0.717) is 29.9 Å². The number of aliphatic carboxylic acids is 1. The van der Waals surface area contributed by atoms with E-state index >= 15 is 0 Å². The maximum absolute atomic E-state index is 12.3. The summed E-state index contributed by atoms with van der Waals surface area (Å²) in [7, 11) is 3.02. The Labute approximate surface area is 123 Å². The van der Waals surface area contributed by atoms with Gasteiger partial charge in [-0.15, -0.1) is 0 Å². The second kappa shape index (κ2) is 6.47. The van der Waals surface area contributed by atoms with E-state index in [9.17, 15) is 9.59 Å². The summed E-state index contributed by atoms with van der Waals surface area (Å²) in [5.74, 6) is -0.658. The topological polar surface area (TPSA) is 84.9 Å². The van der Waals surface area contributed by atoms with Gasteiger partial charge in [-0.25, -0.2) is 0 Å². The van der Waals surface area contributed by atoms with E-state index in [-0.39, 0.29) is 11.9 Å². The molecule has 0 aromatic heterocycles. The van der Waals surface area contributed by atoms with E-state index in [1.54, 1.807) is 18.2 Å². The minimum Gasteiger partial charge on any atom is -0.497 e. The highest BCUT2D eigenvalue weighted by atomic mass is 16.5. The smallest absolute Gasteiger partial charge is 0.308 e. The summed E-state index contributed by atoms with van der Waals surface area (Å²) in [4.78, 5) is 23.4. The van der Waals surface area contributed by atoms with Crippen LogP contribution in [0.5, 0.6) is 11.5 Å². The van der Waals surface area contributed by atoms with Crippen LogP contribution < -0.4 is 14.8 Å². The van der Waals surface area contributed by atoms with Crippen LogP contribution in [0.15, 0.2) is 18.2 Å². The zero-order valence-electron chi connectivity index (χ0n) is 12.1. The van der Waals surface area contributed by atoms with Gasteiger partial charge in [0.25, 0.3) is 5.91 Å². The first kappa shape index (κ1) is 15.2. The van der Waals surface area contributed by atoms with E-state index in [1.165, 1.54) is 14.2 Å². The molecule has 0 heterocycles. The Morgan fingerprint density at radius 2 is 1.76 bits per heavy atom. The molecule has 0 saturated heterocycles. The molecule has 0 radical (unpaired) electrons. The molecule has 0 unspecified atom stereocenters. The number of amides is 1. The number of rotatable bonds is 5. The summed E-state index contributed by atoms with van der Waals surface area (Å²) < 4.78 is 10.2. The fraction of sp³-hybridized carbons (Fsp3) is 0.467. The van der Waals surface area contributed by atoms with Crippen LogP contribution in [0.2, 0.25) is 0 Å². The third-order valence-electron chi connectivity index (χ3n) is 3.76. The second-order valence-corrected chi connectivity index (χ2v) is 5.06. The van der Waals surface area contributed by atoms with Gasteiger partial charge >= 0.3 is 5.97 Å². The number of hydrogen-bond donors (Lipinski definition) is 2. The van der Waals surface area contributed by atoms with Crippen LogP contribution in [0, 0.1) is 5.92 Å². The average molecular weight is 293 g/mol. The number of carboxylic acids is 1. The number of hydrogen-bond acceptors (Lipinski definition) is 4. The van der Waals surface area contributed by atoms with Crippen molar-refractivity contribution in [1.29, 1.82) is 0 Å². The van der Waals surface area contributed by atoms with Crippen LogP contribution in [0.4, 0.5) is 0 Å². The summed E-state index contributed by atoms with van der Waals surface area (Å²) in [6.45, 7) is 0. The molecule has 1 aromatic carbocycles. The number of carboxylic acid groups (broad SMARTS) is 1. The number of methoxy groups -OCH3 is 2. The average Bonchev–Trinajstić information content (AvgIpc) is 2.94. The first-order valence-electron chi connectivity index (χ1n) is 6.82. The summed E-state index contributed by atoms with van der Waals surface area (Å²) in [5, 5.41) is 11.9. The molecule has 1 aromatic rings. The van der Waals surface area contributed by atoms with E-state index in [4.69, 9.17) is 14.6 Å². The predicted octanol–water partition coefficient (Wildman–Crippen LogP) is 1.69. The fourth-order valence-electron chi connectivity index (χ4n) is 2.62. The molecule has 2 rings (SSSR count). The lowest BCUT2D eigenvalue weighted by atomic mass is 10.0.